The molecule has 22 heavy (non-hydrogen) atoms. The van der Waals surface area contributed by atoms with Gasteiger partial charge in [0, 0.05) is 0 Å². The fourth-order valence-electron chi connectivity index (χ4n) is 2.52. The first kappa shape index (κ1) is 19.3. The third kappa shape index (κ3) is 4.60. The van der Waals surface area contributed by atoms with Crippen molar-refractivity contribution < 1.29 is 0 Å². The van der Waals surface area contributed by atoms with Crippen molar-refractivity contribution in [1.29, 1.82) is 0 Å². The zero-order chi connectivity index (χ0) is 17.3. The lowest BCUT2D eigenvalue weighted by atomic mass is 9.75. The third-order valence-electron chi connectivity index (χ3n) is 3.93. The Labute approximate surface area is 140 Å². The molecule has 1 aromatic carbocycles. The van der Waals surface area contributed by atoms with Crippen molar-refractivity contribution in [2.45, 2.75) is 85.5 Å². The minimum absolute atomic E-state index is 0.138. The molecule has 0 heterocycles. The van der Waals surface area contributed by atoms with Gasteiger partial charge in [-0.3, -0.25) is 0 Å². The smallest absolute Gasteiger partial charge is 0.00236 e. The van der Waals surface area contributed by atoms with Gasteiger partial charge in [-0.15, -0.1) is 5.92 Å². The molecule has 0 spiro atoms. The molecule has 1 heteroatoms. The maximum absolute atomic E-state index is 3.33. The van der Waals surface area contributed by atoms with E-state index in [0.717, 1.165) is 0 Å². The summed E-state index contributed by atoms with van der Waals surface area (Å²) in [7, 11) is 0.568. The molecule has 0 saturated carbocycles. The predicted molar refractivity (Wildman–Crippen MR) is 104 cm³/mol. The summed E-state index contributed by atoms with van der Waals surface area (Å²) < 4.78 is 0. The molecule has 0 fully saturated rings. The van der Waals surface area contributed by atoms with Gasteiger partial charge >= 0.3 is 0 Å². The van der Waals surface area contributed by atoms with E-state index in [1.807, 2.05) is 6.92 Å². The van der Waals surface area contributed by atoms with Gasteiger partial charge < -0.3 is 0 Å². The third-order valence-corrected chi connectivity index (χ3v) is 5.10. The van der Waals surface area contributed by atoms with Crippen molar-refractivity contribution >= 4 is 13.9 Å². The molecule has 0 saturated heterocycles. The summed E-state index contributed by atoms with van der Waals surface area (Å²) in [6, 6.07) is 4.85. The minimum atomic E-state index is 0.138. The van der Waals surface area contributed by atoms with Crippen LogP contribution in [0.15, 0.2) is 12.1 Å². The minimum Gasteiger partial charge on any atom is -0.102 e. The summed E-state index contributed by atoms with van der Waals surface area (Å²) in [5.41, 5.74) is 8.12. The highest BCUT2D eigenvalue weighted by Crippen LogP contribution is 2.36. The Balaban J connectivity index is 3.80. The van der Waals surface area contributed by atoms with Crippen molar-refractivity contribution in [2.75, 3.05) is 0 Å². The van der Waals surface area contributed by atoms with Gasteiger partial charge in [0.25, 0.3) is 0 Å². The first-order chi connectivity index (χ1) is 9.78. The van der Waals surface area contributed by atoms with E-state index in [1.54, 1.807) is 0 Å². The van der Waals surface area contributed by atoms with Crippen LogP contribution in [0.3, 0.4) is 0 Å². The Hall–Kier alpha value is -0.790. The maximum atomic E-state index is 3.33. The van der Waals surface area contributed by atoms with E-state index in [9.17, 15) is 0 Å². The highest BCUT2D eigenvalue weighted by atomic mass is 31.1. The summed E-state index contributed by atoms with van der Waals surface area (Å²) in [6.45, 7) is 22.7. The summed E-state index contributed by atoms with van der Waals surface area (Å²) in [6.07, 6.45) is 0. The molecule has 1 aromatic rings. The van der Waals surface area contributed by atoms with Gasteiger partial charge in [-0.25, -0.2) is 0 Å². The van der Waals surface area contributed by atoms with E-state index in [4.69, 9.17) is 0 Å². The standard InChI is InChI=1S/C21H33P/c1-11-12-22-18-16(20(5,6)7)13-15(19(2,3)4)14-17(18)21(8,9)10/h13-14,22H,1-10H3. The van der Waals surface area contributed by atoms with Crippen molar-refractivity contribution in [3.8, 4) is 11.6 Å². The lowest BCUT2D eigenvalue weighted by Gasteiger charge is -2.33. The van der Waals surface area contributed by atoms with Crippen LogP contribution in [0.5, 0.6) is 0 Å². The second kappa shape index (κ2) is 6.37. The largest absolute Gasteiger partial charge is 0.102 e. The fourth-order valence-corrected chi connectivity index (χ4v) is 3.93. The van der Waals surface area contributed by atoms with Crippen LogP contribution in [-0.4, -0.2) is 0 Å². The SMILES string of the molecule is CC#CPc1c(C(C)(C)C)cc(C(C)(C)C)cc1C(C)(C)C. The zero-order valence-corrected chi connectivity index (χ0v) is 17.2. The van der Waals surface area contributed by atoms with Crippen LogP contribution >= 0.6 is 8.58 Å². The molecular weight excluding hydrogens is 283 g/mol. The first-order valence-electron chi connectivity index (χ1n) is 8.15. The van der Waals surface area contributed by atoms with Crippen molar-refractivity contribution in [3.63, 3.8) is 0 Å². The summed E-state index contributed by atoms with van der Waals surface area (Å²) in [5, 5.41) is 1.46. The van der Waals surface area contributed by atoms with Gasteiger partial charge in [-0.1, -0.05) is 80.1 Å². The zero-order valence-electron chi connectivity index (χ0n) is 16.2. The molecule has 0 radical (unpaired) electrons. The second-order valence-corrected chi connectivity index (χ2v) is 10.2. The fraction of sp³-hybridized carbons (Fsp3) is 0.619. The molecule has 0 aliphatic rings. The number of rotatable bonds is 1. The molecule has 122 valence electrons. The molecule has 0 aliphatic heterocycles. The molecule has 1 unspecified atom stereocenters. The normalized spacial score (nSPS) is 13.4. The van der Waals surface area contributed by atoms with Crippen LogP contribution in [0.2, 0.25) is 0 Å². The van der Waals surface area contributed by atoms with Crippen LogP contribution in [0.4, 0.5) is 0 Å². The van der Waals surface area contributed by atoms with E-state index in [1.165, 1.54) is 22.0 Å². The van der Waals surface area contributed by atoms with Gasteiger partial charge in [-0.2, -0.15) is 0 Å². The van der Waals surface area contributed by atoms with Gasteiger partial charge in [0.1, 0.15) is 0 Å². The average molecular weight is 316 g/mol. The Kier molecular flexibility index (Phi) is 5.58. The van der Waals surface area contributed by atoms with E-state index in [0.29, 0.717) is 8.58 Å². The summed E-state index contributed by atoms with van der Waals surface area (Å²) in [4.78, 5) is 0. The van der Waals surface area contributed by atoms with Crippen molar-refractivity contribution in [1.82, 2.24) is 0 Å². The van der Waals surface area contributed by atoms with Gasteiger partial charge in [-0.05, 0) is 53.7 Å². The van der Waals surface area contributed by atoms with E-state index in [2.05, 4.69) is 86.0 Å². The van der Waals surface area contributed by atoms with Crippen LogP contribution in [0.25, 0.3) is 0 Å². The van der Waals surface area contributed by atoms with Crippen molar-refractivity contribution in [3.05, 3.63) is 28.8 Å². The lowest BCUT2D eigenvalue weighted by Crippen LogP contribution is -2.30. The predicted octanol–water partition coefficient (Wildman–Crippen LogP) is 5.86. The molecule has 0 aliphatic carbocycles. The lowest BCUT2D eigenvalue weighted by molar-refractivity contribution is 0.554. The maximum Gasteiger partial charge on any atom is -0.00236 e. The average Bonchev–Trinajstić information content (AvgIpc) is 2.31. The topological polar surface area (TPSA) is 0 Å². The van der Waals surface area contributed by atoms with E-state index >= 15 is 0 Å². The van der Waals surface area contributed by atoms with Crippen LogP contribution in [0, 0.1) is 11.6 Å². The van der Waals surface area contributed by atoms with E-state index < -0.39 is 0 Å². The molecular formula is C21H33P. The Morgan fingerprint density at radius 3 is 1.41 bits per heavy atom. The Bertz CT molecular complexity index is 555. The second-order valence-electron chi connectivity index (χ2n) is 9.20. The molecule has 1 atom stereocenters. The quantitative estimate of drug-likeness (QED) is 0.449. The molecule has 0 aromatic heterocycles. The molecule has 0 bridgehead atoms. The van der Waals surface area contributed by atoms with E-state index in [-0.39, 0.29) is 16.2 Å². The molecule has 0 N–H and O–H groups in total. The highest BCUT2D eigenvalue weighted by Gasteiger charge is 2.28. The number of benzene rings is 1. The van der Waals surface area contributed by atoms with Gasteiger partial charge in [0.05, 0.1) is 0 Å². The van der Waals surface area contributed by atoms with Crippen LogP contribution < -0.4 is 5.30 Å². The molecule has 1 rings (SSSR count). The molecule has 0 amide bonds. The Morgan fingerprint density at radius 1 is 0.727 bits per heavy atom. The van der Waals surface area contributed by atoms with Gasteiger partial charge in [0.2, 0.25) is 0 Å². The van der Waals surface area contributed by atoms with Crippen LogP contribution in [-0.2, 0) is 16.2 Å². The first-order valence-corrected chi connectivity index (χ1v) is 9.15. The molecule has 0 nitrogen and oxygen atoms in total. The monoisotopic (exact) mass is 316 g/mol. The van der Waals surface area contributed by atoms with Crippen LogP contribution in [0.1, 0.15) is 85.9 Å². The Morgan fingerprint density at radius 2 is 1.14 bits per heavy atom. The number of hydrogen-bond acceptors (Lipinski definition) is 0. The van der Waals surface area contributed by atoms with Gasteiger partial charge in [0.15, 0.2) is 0 Å². The summed E-state index contributed by atoms with van der Waals surface area (Å²) in [5.74, 6) is 3.08. The number of hydrogen-bond donors (Lipinski definition) is 0. The highest BCUT2D eigenvalue weighted by molar-refractivity contribution is 7.52. The van der Waals surface area contributed by atoms with Crippen molar-refractivity contribution in [2.24, 2.45) is 0 Å². The summed E-state index contributed by atoms with van der Waals surface area (Å²) >= 11 is 0.